The summed E-state index contributed by atoms with van der Waals surface area (Å²) in [7, 11) is 0. The number of alkyl halides is 3. The lowest BCUT2D eigenvalue weighted by molar-refractivity contribution is -0.152. The molecule has 1 aliphatic carbocycles. The van der Waals surface area contributed by atoms with E-state index >= 15 is 0 Å². The van der Waals surface area contributed by atoms with Crippen molar-refractivity contribution in [1.82, 2.24) is 4.90 Å². The summed E-state index contributed by atoms with van der Waals surface area (Å²) in [4.78, 5) is 13.4. The zero-order valence-corrected chi connectivity index (χ0v) is 15.5. The molecule has 0 aromatic heterocycles. The number of phenolic OH excluding ortho intramolecular Hbond substituents is 1. The number of hydrogen-bond donors (Lipinski definition) is 1. The van der Waals surface area contributed by atoms with Crippen LogP contribution in [0.1, 0.15) is 37.0 Å². The van der Waals surface area contributed by atoms with E-state index in [4.69, 9.17) is 5.26 Å². The van der Waals surface area contributed by atoms with Gasteiger partial charge in [-0.2, -0.15) is 14.0 Å². The smallest absolute Gasteiger partial charge is 0.372 e. The third-order valence-corrected chi connectivity index (χ3v) is 6.21. The molecule has 1 aliphatic heterocycles. The monoisotopic (exact) mass is 446 g/mol. The quantitative estimate of drug-likeness (QED) is 0.532. The molecule has 1 N–H and O–H groups in total. The van der Waals surface area contributed by atoms with Crippen LogP contribution >= 0.6 is 22.6 Å². The number of likely N-dealkylation sites (tertiary alicyclic amines) is 1. The van der Waals surface area contributed by atoms with Crippen molar-refractivity contribution in [2.75, 3.05) is 6.54 Å². The Labute approximate surface area is 152 Å². The fraction of sp³-hybridized carbons (Fsp3) is 0.529. The molecule has 128 valence electrons. The van der Waals surface area contributed by atoms with Gasteiger partial charge in [0.05, 0.1) is 5.56 Å². The fourth-order valence-corrected chi connectivity index (χ4v) is 4.48. The molecule has 1 amide bonds. The summed E-state index contributed by atoms with van der Waals surface area (Å²) >= 11 is 0.880. The molecule has 3 rings (SSSR count). The highest BCUT2D eigenvalue weighted by atomic mass is 127. The predicted octanol–water partition coefficient (Wildman–Crippen LogP) is 3.34. The van der Waals surface area contributed by atoms with Gasteiger partial charge >= 0.3 is 9.84 Å². The topological polar surface area (TPSA) is 64.3 Å². The lowest BCUT2D eigenvalue weighted by Gasteiger charge is -2.54. The van der Waals surface area contributed by atoms with Crippen LogP contribution in [-0.2, 0) is 16.6 Å². The van der Waals surface area contributed by atoms with E-state index in [2.05, 4.69) is 0 Å². The highest BCUT2D eigenvalue weighted by Gasteiger charge is 2.53. The highest BCUT2D eigenvalue weighted by molar-refractivity contribution is 14.1. The number of aromatic hydroxyl groups is 1. The minimum atomic E-state index is -3.42. The molecular weight excluding hydrogens is 429 g/mol. The van der Waals surface area contributed by atoms with Gasteiger partial charge in [-0.05, 0) is 47.4 Å². The summed E-state index contributed by atoms with van der Waals surface area (Å²) in [5, 5.41) is 19.1. The number of nitriles is 1. The van der Waals surface area contributed by atoms with Crippen LogP contribution in [0.3, 0.4) is 0 Å². The number of piperidine rings is 1. The Morgan fingerprint density at radius 3 is 2.79 bits per heavy atom. The molecule has 1 heterocycles. The SMILES string of the molecule is C[C@H]1[C@H]2Cc3cc(C#N)c(O)cc3[C@]1(C)CCN2C(=O)C(F)(F)I. The molecule has 2 bridgehead atoms. The van der Waals surface area contributed by atoms with Crippen molar-refractivity contribution < 1.29 is 18.7 Å². The molecule has 0 saturated carbocycles. The minimum absolute atomic E-state index is 0.0196. The third kappa shape index (κ3) is 2.46. The molecule has 1 aromatic carbocycles. The zero-order valence-electron chi connectivity index (χ0n) is 13.3. The number of phenols is 1. The summed E-state index contributed by atoms with van der Waals surface area (Å²) < 4.78 is 23.7. The largest absolute Gasteiger partial charge is 0.507 e. The Morgan fingerprint density at radius 2 is 2.21 bits per heavy atom. The molecule has 2 aliphatic rings. The first-order valence-corrected chi connectivity index (χ1v) is 8.81. The Bertz CT molecular complexity index is 756. The van der Waals surface area contributed by atoms with Gasteiger partial charge in [0.1, 0.15) is 11.8 Å². The molecular formula is C17H17F2IN2O2. The number of carbonyl (C=O) groups excluding carboxylic acids is 1. The maximum absolute atomic E-state index is 13.5. The number of benzene rings is 1. The van der Waals surface area contributed by atoms with E-state index in [1.165, 1.54) is 4.90 Å². The molecule has 0 spiro atoms. The lowest BCUT2D eigenvalue weighted by atomic mass is 9.59. The van der Waals surface area contributed by atoms with Crippen molar-refractivity contribution in [1.29, 1.82) is 5.26 Å². The number of hydrogen-bond acceptors (Lipinski definition) is 3. The average molecular weight is 446 g/mol. The Kier molecular flexibility index (Phi) is 4.02. The second-order valence-corrected chi connectivity index (χ2v) is 8.22. The normalized spacial score (nSPS) is 28.9. The Morgan fingerprint density at radius 1 is 1.54 bits per heavy atom. The van der Waals surface area contributed by atoms with Crippen LogP contribution in [0.2, 0.25) is 0 Å². The number of amides is 1. The van der Waals surface area contributed by atoms with Crippen molar-refractivity contribution in [2.45, 2.75) is 42.1 Å². The first-order valence-electron chi connectivity index (χ1n) is 7.74. The maximum atomic E-state index is 13.5. The van der Waals surface area contributed by atoms with Crippen LogP contribution in [0.15, 0.2) is 12.1 Å². The van der Waals surface area contributed by atoms with Crippen molar-refractivity contribution in [3.63, 3.8) is 0 Å². The number of fused-ring (bicyclic) bond motifs is 4. The van der Waals surface area contributed by atoms with Gasteiger partial charge in [0.2, 0.25) is 0 Å². The van der Waals surface area contributed by atoms with Crippen molar-refractivity contribution in [2.24, 2.45) is 5.92 Å². The van der Waals surface area contributed by atoms with Crippen LogP contribution < -0.4 is 0 Å². The number of halogens is 3. The van der Waals surface area contributed by atoms with Gasteiger partial charge in [0, 0.05) is 35.2 Å². The van der Waals surface area contributed by atoms with Crippen LogP contribution in [0.4, 0.5) is 8.78 Å². The van der Waals surface area contributed by atoms with Crippen molar-refractivity contribution in [3.05, 3.63) is 28.8 Å². The third-order valence-electron chi connectivity index (χ3n) is 5.74. The van der Waals surface area contributed by atoms with Gasteiger partial charge in [0.25, 0.3) is 0 Å². The Hall–Kier alpha value is -1.43. The number of carbonyl (C=O) groups is 1. The van der Waals surface area contributed by atoms with Crippen LogP contribution in [0.25, 0.3) is 0 Å². The van der Waals surface area contributed by atoms with Crippen LogP contribution in [0.5, 0.6) is 5.75 Å². The van der Waals surface area contributed by atoms with Gasteiger partial charge in [-0.15, -0.1) is 0 Å². The zero-order chi connectivity index (χ0) is 17.9. The van der Waals surface area contributed by atoms with E-state index in [1.807, 2.05) is 19.9 Å². The highest BCUT2D eigenvalue weighted by Crippen LogP contribution is 2.50. The first-order chi connectivity index (χ1) is 11.1. The molecule has 7 heteroatoms. The molecule has 1 saturated heterocycles. The number of nitrogens with zero attached hydrogens (tertiary/aromatic N) is 2. The standard InChI is InChI=1S/C17H17F2IN2O2/c1-9-13-6-10-5-11(8-21)14(23)7-12(10)16(9,2)3-4-22(13)15(24)17(18,19)20/h5,7,9,13,23H,3-4,6H2,1-2H3/t9-,13+,16+/m0/s1. The summed E-state index contributed by atoms with van der Waals surface area (Å²) in [5.41, 5.74) is 1.66. The Balaban J connectivity index is 2.08. The van der Waals surface area contributed by atoms with Gasteiger partial charge < -0.3 is 10.0 Å². The average Bonchev–Trinajstić information content (AvgIpc) is 2.50. The van der Waals surface area contributed by atoms with Crippen molar-refractivity contribution >= 4 is 28.5 Å². The van der Waals surface area contributed by atoms with Gasteiger partial charge in [0.15, 0.2) is 0 Å². The van der Waals surface area contributed by atoms with E-state index in [9.17, 15) is 18.7 Å². The predicted molar refractivity (Wildman–Crippen MR) is 92.1 cm³/mol. The van der Waals surface area contributed by atoms with Crippen LogP contribution in [0, 0.1) is 17.2 Å². The molecule has 0 radical (unpaired) electrons. The molecule has 0 unspecified atom stereocenters. The molecule has 1 aromatic rings. The molecule has 3 atom stereocenters. The second kappa shape index (κ2) is 5.55. The maximum Gasteiger partial charge on any atom is 0.372 e. The minimum Gasteiger partial charge on any atom is -0.507 e. The summed E-state index contributed by atoms with van der Waals surface area (Å²) in [6.45, 7) is 4.27. The van der Waals surface area contributed by atoms with Crippen molar-refractivity contribution in [3.8, 4) is 11.8 Å². The van der Waals surface area contributed by atoms with E-state index in [0.29, 0.717) is 12.8 Å². The van der Waals surface area contributed by atoms with Crippen LogP contribution in [-0.4, -0.2) is 32.4 Å². The van der Waals surface area contributed by atoms with E-state index < -0.39 is 9.84 Å². The lowest BCUT2D eigenvalue weighted by Crippen LogP contribution is -2.61. The van der Waals surface area contributed by atoms with Gasteiger partial charge in [-0.25, -0.2) is 0 Å². The molecule has 4 nitrogen and oxygen atoms in total. The first kappa shape index (κ1) is 17.4. The van der Waals surface area contributed by atoms with E-state index in [-0.39, 0.29) is 35.2 Å². The van der Waals surface area contributed by atoms with Gasteiger partial charge in [-0.3, -0.25) is 4.79 Å². The van der Waals surface area contributed by atoms with E-state index in [0.717, 1.165) is 33.7 Å². The van der Waals surface area contributed by atoms with Gasteiger partial charge in [-0.1, -0.05) is 13.8 Å². The fourth-order valence-electron chi connectivity index (χ4n) is 4.17. The second-order valence-electron chi connectivity index (χ2n) is 6.86. The summed E-state index contributed by atoms with van der Waals surface area (Å²) in [6, 6.07) is 4.86. The summed E-state index contributed by atoms with van der Waals surface area (Å²) in [5.74, 6) is -1.22. The summed E-state index contributed by atoms with van der Waals surface area (Å²) in [6.07, 6.45) is 0.959. The number of rotatable bonds is 1. The molecule has 24 heavy (non-hydrogen) atoms. The molecule has 1 fully saturated rings. The van der Waals surface area contributed by atoms with E-state index in [1.54, 1.807) is 12.1 Å².